The maximum Gasteiger partial charge on any atom is 0.157 e. The summed E-state index contributed by atoms with van der Waals surface area (Å²) in [4.78, 5) is 4.73. The summed E-state index contributed by atoms with van der Waals surface area (Å²) in [6.45, 7) is 0. The number of H-pyrrole nitrogens is 2. The van der Waals surface area contributed by atoms with Crippen molar-refractivity contribution in [2.24, 2.45) is 0 Å². The number of aromatic amines is 2. The summed E-state index contributed by atoms with van der Waals surface area (Å²) in [6.07, 6.45) is 3.73. The third-order valence-corrected chi connectivity index (χ3v) is 4.09. The van der Waals surface area contributed by atoms with Crippen molar-refractivity contribution < 1.29 is 0 Å². The first-order valence-corrected chi connectivity index (χ1v) is 6.70. The summed E-state index contributed by atoms with van der Waals surface area (Å²) in [5.74, 6) is 0. The van der Waals surface area contributed by atoms with Crippen LogP contribution >= 0.6 is 0 Å². The predicted octanol–water partition coefficient (Wildman–Crippen LogP) is 2.60. The van der Waals surface area contributed by atoms with Crippen LogP contribution in [0.2, 0.25) is 0 Å². The first kappa shape index (κ1) is 10.1. The average Bonchev–Trinajstić information content (AvgIpc) is 3.07. The second-order valence-electron chi connectivity index (χ2n) is 5.17. The number of hydrogen-bond acceptors (Lipinski definition) is 3. The molecule has 0 aliphatic heterocycles. The Bertz CT molecular complexity index is 963. The Kier molecular flexibility index (Phi) is 1.75. The van der Waals surface area contributed by atoms with Gasteiger partial charge in [-0.25, -0.2) is 4.98 Å². The molecule has 1 aliphatic carbocycles. The highest BCUT2D eigenvalue weighted by atomic mass is 15.2. The Hall–Kier alpha value is -2.69. The van der Waals surface area contributed by atoms with Crippen LogP contribution in [0.25, 0.3) is 33.2 Å². The molecule has 5 rings (SSSR count). The van der Waals surface area contributed by atoms with E-state index >= 15 is 0 Å². The van der Waals surface area contributed by atoms with Crippen LogP contribution in [0.3, 0.4) is 0 Å². The number of aryl methyl sites for hydroxylation is 2. The van der Waals surface area contributed by atoms with Gasteiger partial charge in [0, 0.05) is 5.56 Å². The number of pyridine rings is 1. The minimum Gasteiger partial charge on any atom is -0.276 e. The maximum absolute atomic E-state index is 4.73. The van der Waals surface area contributed by atoms with Crippen LogP contribution in [0.4, 0.5) is 0 Å². The Morgan fingerprint density at radius 2 is 2.00 bits per heavy atom. The summed E-state index contributed by atoms with van der Waals surface area (Å²) in [7, 11) is 0. The zero-order chi connectivity index (χ0) is 13.1. The standard InChI is InChI=1S/C15H11N5/c1-2-4-9-8(3-1)5-6-11-12-13(9)18-19-14(12)10-7-16-20-15(10)17-11/h1-4,7H,5-6H2,(H,18,19)(H,16,17,20). The van der Waals surface area contributed by atoms with Crippen LogP contribution < -0.4 is 0 Å². The molecule has 96 valence electrons. The van der Waals surface area contributed by atoms with Gasteiger partial charge in [-0.3, -0.25) is 10.2 Å². The Labute approximate surface area is 114 Å². The molecule has 4 aromatic rings. The maximum atomic E-state index is 4.73. The summed E-state index contributed by atoms with van der Waals surface area (Å²) in [5, 5.41) is 16.9. The molecule has 0 spiro atoms. The van der Waals surface area contributed by atoms with Gasteiger partial charge in [-0.2, -0.15) is 10.2 Å². The molecule has 5 nitrogen and oxygen atoms in total. The van der Waals surface area contributed by atoms with E-state index in [2.05, 4.69) is 44.7 Å². The minimum atomic E-state index is 0.827. The smallest absolute Gasteiger partial charge is 0.157 e. The van der Waals surface area contributed by atoms with Crippen molar-refractivity contribution in [2.45, 2.75) is 12.8 Å². The second-order valence-corrected chi connectivity index (χ2v) is 5.17. The SMILES string of the molecule is c1ccc2c(c1)CCc1nc3[nH]ncc3c3[nH]nc-2c13. The first-order chi connectivity index (χ1) is 9.92. The fourth-order valence-corrected chi connectivity index (χ4v) is 3.15. The van der Waals surface area contributed by atoms with E-state index < -0.39 is 0 Å². The van der Waals surface area contributed by atoms with Gasteiger partial charge < -0.3 is 0 Å². The molecule has 1 aliphatic rings. The zero-order valence-electron chi connectivity index (χ0n) is 10.6. The van der Waals surface area contributed by atoms with E-state index in [0.717, 1.165) is 46.2 Å². The topological polar surface area (TPSA) is 70.2 Å². The van der Waals surface area contributed by atoms with Crippen LogP contribution in [0.15, 0.2) is 30.5 Å². The van der Waals surface area contributed by atoms with Gasteiger partial charge >= 0.3 is 0 Å². The van der Waals surface area contributed by atoms with Gasteiger partial charge in [-0.15, -0.1) is 0 Å². The molecule has 0 saturated heterocycles. The molecule has 0 amide bonds. The average molecular weight is 261 g/mol. The highest BCUT2D eigenvalue weighted by Crippen LogP contribution is 2.36. The monoisotopic (exact) mass is 261 g/mol. The Balaban J connectivity index is 2.00. The molecule has 1 aromatic carbocycles. The molecular weight excluding hydrogens is 250 g/mol. The molecule has 0 fully saturated rings. The van der Waals surface area contributed by atoms with Crippen molar-refractivity contribution >= 4 is 21.9 Å². The molecule has 0 radical (unpaired) electrons. The van der Waals surface area contributed by atoms with Gasteiger partial charge in [-0.05, 0) is 18.4 Å². The minimum absolute atomic E-state index is 0.827. The molecule has 3 aromatic heterocycles. The molecule has 20 heavy (non-hydrogen) atoms. The number of nitrogens with zero attached hydrogens (tertiary/aromatic N) is 3. The highest BCUT2D eigenvalue weighted by Gasteiger charge is 2.22. The molecule has 0 atom stereocenters. The van der Waals surface area contributed by atoms with E-state index in [9.17, 15) is 0 Å². The largest absolute Gasteiger partial charge is 0.276 e. The fourth-order valence-electron chi connectivity index (χ4n) is 3.15. The summed E-state index contributed by atoms with van der Waals surface area (Å²) in [6, 6.07) is 8.46. The predicted molar refractivity (Wildman–Crippen MR) is 76.4 cm³/mol. The van der Waals surface area contributed by atoms with Gasteiger partial charge in [0.2, 0.25) is 0 Å². The molecule has 0 unspecified atom stereocenters. The summed E-state index contributed by atoms with van der Waals surface area (Å²) >= 11 is 0. The first-order valence-electron chi connectivity index (χ1n) is 6.70. The lowest BCUT2D eigenvalue weighted by atomic mass is 10.0. The number of fused-ring (bicyclic) bond motifs is 4. The van der Waals surface area contributed by atoms with E-state index in [-0.39, 0.29) is 0 Å². The summed E-state index contributed by atoms with van der Waals surface area (Å²) in [5.41, 5.74) is 6.51. The Morgan fingerprint density at radius 1 is 1.05 bits per heavy atom. The lowest BCUT2D eigenvalue weighted by molar-refractivity contribution is 0.935. The van der Waals surface area contributed by atoms with E-state index in [4.69, 9.17) is 4.98 Å². The highest BCUT2D eigenvalue weighted by molar-refractivity contribution is 6.08. The molecular formula is C15H11N5. The van der Waals surface area contributed by atoms with Crippen molar-refractivity contribution in [2.75, 3.05) is 0 Å². The number of nitrogens with one attached hydrogen (secondary N) is 2. The van der Waals surface area contributed by atoms with Gasteiger partial charge in [0.25, 0.3) is 0 Å². The van der Waals surface area contributed by atoms with Crippen molar-refractivity contribution in [1.29, 1.82) is 0 Å². The molecule has 2 N–H and O–H groups in total. The zero-order valence-corrected chi connectivity index (χ0v) is 10.6. The quantitative estimate of drug-likeness (QED) is 0.511. The third kappa shape index (κ3) is 1.15. The molecule has 3 heterocycles. The number of aromatic nitrogens is 5. The number of hydrogen-bond donors (Lipinski definition) is 2. The van der Waals surface area contributed by atoms with Crippen LogP contribution in [-0.4, -0.2) is 25.4 Å². The van der Waals surface area contributed by atoms with Crippen LogP contribution in [0.1, 0.15) is 11.3 Å². The fraction of sp³-hybridized carbons (Fsp3) is 0.133. The van der Waals surface area contributed by atoms with E-state index in [1.165, 1.54) is 11.1 Å². The molecule has 0 saturated carbocycles. The van der Waals surface area contributed by atoms with Crippen molar-refractivity contribution in [3.63, 3.8) is 0 Å². The van der Waals surface area contributed by atoms with Crippen molar-refractivity contribution in [1.82, 2.24) is 25.4 Å². The van der Waals surface area contributed by atoms with E-state index in [0.29, 0.717) is 0 Å². The third-order valence-electron chi connectivity index (χ3n) is 4.09. The lowest BCUT2D eigenvalue weighted by Gasteiger charge is -2.02. The van der Waals surface area contributed by atoms with E-state index in [1.807, 2.05) is 0 Å². The van der Waals surface area contributed by atoms with Gasteiger partial charge in [0.15, 0.2) is 5.65 Å². The van der Waals surface area contributed by atoms with E-state index in [1.54, 1.807) is 6.20 Å². The van der Waals surface area contributed by atoms with Crippen LogP contribution in [-0.2, 0) is 12.8 Å². The van der Waals surface area contributed by atoms with Gasteiger partial charge in [0.05, 0.1) is 28.2 Å². The summed E-state index contributed by atoms with van der Waals surface area (Å²) < 4.78 is 0. The van der Waals surface area contributed by atoms with Crippen LogP contribution in [0, 0.1) is 0 Å². The normalized spacial score (nSPS) is 13.6. The second kappa shape index (κ2) is 3.45. The Morgan fingerprint density at radius 3 is 3.00 bits per heavy atom. The van der Waals surface area contributed by atoms with Gasteiger partial charge in [0.1, 0.15) is 5.69 Å². The molecule has 0 bridgehead atoms. The van der Waals surface area contributed by atoms with Crippen molar-refractivity contribution in [3.8, 4) is 11.3 Å². The van der Waals surface area contributed by atoms with Crippen LogP contribution in [0.5, 0.6) is 0 Å². The number of benzene rings is 1. The van der Waals surface area contributed by atoms with Crippen molar-refractivity contribution in [3.05, 3.63) is 41.7 Å². The lowest BCUT2D eigenvalue weighted by Crippen LogP contribution is -1.94. The van der Waals surface area contributed by atoms with Gasteiger partial charge in [-0.1, -0.05) is 24.3 Å². The number of rotatable bonds is 0. The molecule has 5 heteroatoms.